The fourth-order valence-corrected chi connectivity index (χ4v) is 1.45. The van der Waals surface area contributed by atoms with Crippen molar-refractivity contribution in [1.29, 1.82) is 0 Å². The number of rotatable bonds is 4. The van der Waals surface area contributed by atoms with Gasteiger partial charge in [-0.05, 0) is 20.3 Å². The van der Waals surface area contributed by atoms with Crippen molar-refractivity contribution >= 4 is 23.2 Å². The van der Waals surface area contributed by atoms with Gasteiger partial charge >= 0.3 is 0 Å². The Bertz CT molecular complexity index is 500. The highest BCUT2D eigenvalue weighted by atomic mass is 35.5. The van der Waals surface area contributed by atoms with E-state index in [0.717, 1.165) is 6.42 Å². The summed E-state index contributed by atoms with van der Waals surface area (Å²) < 4.78 is 1.17. The maximum atomic E-state index is 11.9. The number of carbonyl (C=O) groups is 1. The Morgan fingerprint density at radius 3 is 2.78 bits per heavy atom. The van der Waals surface area contributed by atoms with Crippen LogP contribution in [0, 0.1) is 0 Å². The van der Waals surface area contributed by atoms with E-state index in [9.17, 15) is 9.59 Å². The Labute approximate surface area is 110 Å². The second kappa shape index (κ2) is 5.86. The van der Waals surface area contributed by atoms with Gasteiger partial charge in [-0.25, -0.2) is 4.98 Å². The lowest BCUT2D eigenvalue weighted by molar-refractivity contribution is -0.124. The lowest BCUT2D eigenvalue weighted by Crippen LogP contribution is -2.40. The molecule has 0 aromatic carbocycles. The fourth-order valence-electron chi connectivity index (χ4n) is 1.33. The molecule has 6 nitrogen and oxygen atoms in total. The van der Waals surface area contributed by atoms with Gasteiger partial charge in [0.1, 0.15) is 18.1 Å². The topological polar surface area (TPSA) is 90.0 Å². The normalized spacial score (nSPS) is 14.0. The molecule has 0 spiro atoms. The van der Waals surface area contributed by atoms with Crippen LogP contribution in [0.5, 0.6) is 0 Å². The van der Waals surface area contributed by atoms with Crippen LogP contribution in [0.15, 0.2) is 11.1 Å². The van der Waals surface area contributed by atoms with Crippen molar-refractivity contribution in [2.45, 2.75) is 39.3 Å². The molecular weight excluding hydrogens is 256 g/mol. The summed E-state index contributed by atoms with van der Waals surface area (Å²) >= 11 is 5.63. The fraction of sp³-hybridized carbons (Fsp3) is 0.545. The van der Waals surface area contributed by atoms with Gasteiger partial charge in [0.15, 0.2) is 5.15 Å². The molecule has 0 bridgehead atoms. The van der Waals surface area contributed by atoms with Gasteiger partial charge in [0, 0.05) is 6.04 Å². The van der Waals surface area contributed by atoms with Crippen molar-refractivity contribution in [2.75, 3.05) is 5.73 Å². The number of nitrogens with two attached hydrogens (primary N) is 1. The van der Waals surface area contributed by atoms with Crippen molar-refractivity contribution in [3.05, 3.63) is 21.8 Å². The summed E-state index contributed by atoms with van der Waals surface area (Å²) in [4.78, 5) is 27.5. The highest BCUT2D eigenvalue weighted by Crippen LogP contribution is 2.11. The van der Waals surface area contributed by atoms with Crippen LogP contribution in [0.25, 0.3) is 0 Å². The van der Waals surface area contributed by atoms with Gasteiger partial charge in [-0.3, -0.25) is 14.2 Å². The van der Waals surface area contributed by atoms with Crippen LogP contribution in [-0.2, 0) is 4.79 Å². The molecule has 0 aliphatic rings. The Balaban J connectivity index is 2.98. The van der Waals surface area contributed by atoms with Crippen molar-refractivity contribution in [1.82, 2.24) is 14.9 Å². The van der Waals surface area contributed by atoms with Crippen molar-refractivity contribution in [3.63, 3.8) is 0 Å². The molecule has 0 aliphatic carbocycles. The molecular formula is C11H17ClN4O2. The summed E-state index contributed by atoms with van der Waals surface area (Å²) in [6, 6.07) is -0.633. The first kappa shape index (κ1) is 14.5. The molecule has 0 saturated heterocycles. The first-order valence-electron chi connectivity index (χ1n) is 5.71. The van der Waals surface area contributed by atoms with Gasteiger partial charge < -0.3 is 11.1 Å². The molecule has 2 atom stereocenters. The lowest BCUT2D eigenvalue weighted by atomic mass is 10.2. The van der Waals surface area contributed by atoms with Crippen LogP contribution in [0.4, 0.5) is 5.69 Å². The molecule has 18 heavy (non-hydrogen) atoms. The van der Waals surface area contributed by atoms with Crippen molar-refractivity contribution in [3.8, 4) is 0 Å². The number of nitrogens with zero attached hydrogens (tertiary/aromatic N) is 2. The van der Waals surface area contributed by atoms with E-state index in [2.05, 4.69) is 10.3 Å². The van der Waals surface area contributed by atoms with E-state index in [-0.39, 0.29) is 22.8 Å². The molecule has 0 fully saturated rings. The molecule has 100 valence electrons. The monoisotopic (exact) mass is 272 g/mol. The number of carbonyl (C=O) groups excluding carboxylic acids is 1. The van der Waals surface area contributed by atoms with Crippen LogP contribution < -0.4 is 16.6 Å². The summed E-state index contributed by atoms with van der Waals surface area (Å²) in [5.41, 5.74) is 4.83. The summed E-state index contributed by atoms with van der Waals surface area (Å²) in [7, 11) is 0. The number of aromatic nitrogens is 2. The maximum Gasteiger partial charge on any atom is 0.278 e. The zero-order chi connectivity index (χ0) is 13.9. The second-order valence-electron chi connectivity index (χ2n) is 4.16. The zero-order valence-electron chi connectivity index (χ0n) is 10.6. The quantitative estimate of drug-likeness (QED) is 0.799. The van der Waals surface area contributed by atoms with Gasteiger partial charge in [0.25, 0.3) is 5.56 Å². The summed E-state index contributed by atoms with van der Waals surface area (Å²) in [6.07, 6.45) is 2.04. The van der Waals surface area contributed by atoms with Crippen LogP contribution in [0.2, 0.25) is 5.15 Å². The molecule has 0 saturated carbocycles. The number of halogens is 1. The van der Waals surface area contributed by atoms with E-state index in [1.807, 2.05) is 13.8 Å². The molecule has 1 heterocycles. The van der Waals surface area contributed by atoms with E-state index in [1.165, 1.54) is 10.9 Å². The number of hydrogen-bond donors (Lipinski definition) is 2. The minimum Gasteiger partial charge on any atom is -0.392 e. The predicted octanol–water partition coefficient (Wildman–Crippen LogP) is 0.955. The van der Waals surface area contributed by atoms with Crippen LogP contribution in [0.1, 0.15) is 33.2 Å². The minimum absolute atomic E-state index is 0.0493. The first-order chi connectivity index (χ1) is 8.38. The standard InChI is InChI=1S/C11H17ClN4O2/c1-4-6(2)15-10(17)7(3)16-5-14-9(12)8(13)11(16)18/h5-7H,4,13H2,1-3H3,(H,15,17). The van der Waals surface area contributed by atoms with Gasteiger partial charge in [-0.1, -0.05) is 18.5 Å². The van der Waals surface area contributed by atoms with E-state index in [4.69, 9.17) is 17.3 Å². The van der Waals surface area contributed by atoms with E-state index >= 15 is 0 Å². The Morgan fingerprint density at radius 2 is 2.22 bits per heavy atom. The average molecular weight is 273 g/mol. The Hall–Kier alpha value is -1.56. The largest absolute Gasteiger partial charge is 0.392 e. The molecule has 1 rings (SSSR count). The van der Waals surface area contributed by atoms with Crippen molar-refractivity contribution < 1.29 is 4.79 Å². The lowest BCUT2D eigenvalue weighted by Gasteiger charge is -2.18. The number of nitrogen functional groups attached to an aromatic ring is 1. The highest BCUT2D eigenvalue weighted by molar-refractivity contribution is 6.31. The van der Waals surface area contributed by atoms with Gasteiger partial charge in [-0.2, -0.15) is 0 Å². The minimum atomic E-state index is -0.682. The van der Waals surface area contributed by atoms with Crippen LogP contribution >= 0.6 is 11.6 Å². The van der Waals surface area contributed by atoms with E-state index in [0.29, 0.717) is 0 Å². The Morgan fingerprint density at radius 1 is 1.61 bits per heavy atom. The zero-order valence-corrected chi connectivity index (χ0v) is 11.4. The van der Waals surface area contributed by atoms with E-state index < -0.39 is 11.6 Å². The van der Waals surface area contributed by atoms with Gasteiger partial charge in [0.2, 0.25) is 5.91 Å². The third-order valence-electron chi connectivity index (χ3n) is 2.78. The third kappa shape index (κ3) is 3.01. The van der Waals surface area contributed by atoms with Crippen molar-refractivity contribution in [2.24, 2.45) is 0 Å². The summed E-state index contributed by atoms with van der Waals surface area (Å²) in [5, 5.41) is 2.74. The molecule has 7 heteroatoms. The molecule has 1 aromatic heterocycles. The van der Waals surface area contributed by atoms with Gasteiger partial charge in [0.05, 0.1) is 0 Å². The maximum absolute atomic E-state index is 11.9. The molecule has 3 N–H and O–H groups in total. The highest BCUT2D eigenvalue weighted by Gasteiger charge is 2.19. The summed E-state index contributed by atoms with van der Waals surface area (Å²) in [6.45, 7) is 5.46. The number of anilines is 1. The predicted molar refractivity (Wildman–Crippen MR) is 70.5 cm³/mol. The van der Waals surface area contributed by atoms with Gasteiger partial charge in [-0.15, -0.1) is 0 Å². The number of hydrogen-bond acceptors (Lipinski definition) is 4. The van der Waals surface area contributed by atoms with Crippen LogP contribution in [-0.4, -0.2) is 21.5 Å². The first-order valence-corrected chi connectivity index (χ1v) is 6.08. The molecule has 0 radical (unpaired) electrons. The van der Waals surface area contributed by atoms with Crippen LogP contribution in [0.3, 0.4) is 0 Å². The SMILES string of the molecule is CCC(C)NC(=O)C(C)n1cnc(Cl)c(N)c1=O. The molecule has 1 aromatic rings. The van der Waals surface area contributed by atoms with E-state index in [1.54, 1.807) is 6.92 Å². The molecule has 2 unspecified atom stereocenters. The number of amides is 1. The second-order valence-corrected chi connectivity index (χ2v) is 4.51. The number of nitrogens with one attached hydrogen (secondary N) is 1. The third-order valence-corrected chi connectivity index (χ3v) is 3.08. The smallest absolute Gasteiger partial charge is 0.278 e. The average Bonchev–Trinajstić information content (AvgIpc) is 2.35. The Kier molecular flexibility index (Phi) is 4.72. The summed E-state index contributed by atoms with van der Waals surface area (Å²) in [5.74, 6) is -0.255. The molecule has 1 amide bonds. The molecule has 0 aliphatic heterocycles.